The van der Waals surface area contributed by atoms with Gasteiger partial charge in [-0.3, -0.25) is 0 Å². The van der Waals surface area contributed by atoms with Gasteiger partial charge in [0.25, 0.3) is 0 Å². The Hall–Kier alpha value is -1.38. The third kappa shape index (κ3) is 12.7. The lowest BCUT2D eigenvalue weighted by atomic mass is 9.67. The van der Waals surface area contributed by atoms with Crippen LogP contribution < -0.4 is 0 Å². The van der Waals surface area contributed by atoms with Crippen LogP contribution in [-0.2, 0) is 0 Å². The highest BCUT2D eigenvalue weighted by Crippen LogP contribution is 2.42. The molecule has 0 aromatic carbocycles. The number of unbranched alkanes of at least 4 members (excludes halogenated alkanes) is 1. The molecule has 0 bridgehead atoms. The summed E-state index contributed by atoms with van der Waals surface area (Å²) in [7, 11) is 0. The van der Waals surface area contributed by atoms with E-state index >= 15 is 0 Å². The maximum Gasteiger partial charge on any atom is 0.0729 e. The molecule has 0 aromatic heterocycles. The lowest BCUT2D eigenvalue weighted by Gasteiger charge is -2.39. The highest BCUT2D eigenvalue weighted by atomic mass is 16.3. The molecule has 0 spiro atoms. The van der Waals surface area contributed by atoms with Gasteiger partial charge in [0.1, 0.15) is 0 Å². The van der Waals surface area contributed by atoms with Gasteiger partial charge in [0.15, 0.2) is 0 Å². The molecule has 0 heterocycles. The molecule has 42 heavy (non-hydrogen) atoms. The predicted octanol–water partition coefficient (Wildman–Crippen LogP) is 11.2. The smallest absolute Gasteiger partial charge is 0.0729 e. The summed E-state index contributed by atoms with van der Waals surface area (Å²) in [5, 5.41) is 20.2. The Morgan fingerprint density at radius 1 is 0.810 bits per heavy atom. The number of hydrogen-bond acceptors (Lipinski definition) is 2. The minimum absolute atomic E-state index is 0.0608. The third-order valence-corrected chi connectivity index (χ3v) is 10.2. The van der Waals surface area contributed by atoms with Gasteiger partial charge in [0.05, 0.1) is 12.2 Å². The fourth-order valence-corrected chi connectivity index (χ4v) is 7.59. The van der Waals surface area contributed by atoms with Crippen molar-refractivity contribution in [3.8, 4) is 0 Å². The standard InChI is InChI=1S/C40H68O2/c1-29(17-13-19-31(3)21-23-37-33(5)25-35(41)27-39(37,7)8)15-11-12-16-30(2)18-14-20-32(4)22-24-38-34(6)26-36(42)28-40(38,9)10/h13,17,21-24,26,29-32,35-36,38,41-42H,11-12,14-16,18-20,25,27-28H2,1-10H3/b17-13+,23-21+,24-22+/t29?,30?,31?,32?,35-,36-,38-/m0/s1. The Morgan fingerprint density at radius 3 is 2.10 bits per heavy atom. The zero-order valence-electron chi connectivity index (χ0n) is 29.3. The van der Waals surface area contributed by atoms with Crippen molar-refractivity contribution < 1.29 is 10.2 Å². The SMILES string of the molecule is CC1=C[C@H](O)CC(C)(C)[C@H]1/C=C/C(C)CCCC(C)CCCCC(C)/C=C/CC(C)/C=C/C1=C(C)C[C@H](O)CC1(C)C. The Kier molecular flexibility index (Phi) is 15.1. The van der Waals surface area contributed by atoms with Crippen LogP contribution in [0, 0.1) is 40.4 Å². The summed E-state index contributed by atoms with van der Waals surface area (Å²) in [4.78, 5) is 0. The van der Waals surface area contributed by atoms with Crippen LogP contribution in [0.5, 0.6) is 0 Å². The van der Waals surface area contributed by atoms with E-state index in [1.165, 1.54) is 61.7 Å². The molecule has 2 aliphatic rings. The summed E-state index contributed by atoms with van der Waals surface area (Å²) in [6.07, 6.45) is 28.8. The predicted molar refractivity (Wildman–Crippen MR) is 184 cm³/mol. The van der Waals surface area contributed by atoms with E-state index in [9.17, 15) is 10.2 Å². The monoisotopic (exact) mass is 581 g/mol. The molecule has 2 N–H and O–H groups in total. The van der Waals surface area contributed by atoms with Crippen molar-refractivity contribution >= 4 is 0 Å². The largest absolute Gasteiger partial charge is 0.393 e. The van der Waals surface area contributed by atoms with Crippen LogP contribution in [0.2, 0.25) is 0 Å². The van der Waals surface area contributed by atoms with Gasteiger partial charge in [0.2, 0.25) is 0 Å². The number of hydrogen-bond donors (Lipinski definition) is 2. The molecule has 0 fully saturated rings. The van der Waals surface area contributed by atoms with E-state index in [0.717, 1.165) is 31.6 Å². The molecule has 0 radical (unpaired) electrons. The maximum atomic E-state index is 10.1. The number of aliphatic hydroxyl groups excluding tert-OH is 2. The first-order valence-corrected chi connectivity index (χ1v) is 17.4. The number of aliphatic hydroxyl groups is 2. The fourth-order valence-electron chi connectivity index (χ4n) is 7.59. The molecule has 0 saturated carbocycles. The van der Waals surface area contributed by atoms with E-state index in [1.54, 1.807) is 0 Å². The first-order chi connectivity index (χ1) is 19.6. The molecular formula is C40H68O2. The van der Waals surface area contributed by atoms with E-state index in [2.05, 4.69) is 112 Å². The van der Waals surface area contributed by atoms with Crippen LogP contribution in [0.4, 0.5) is 0 Å². The van der Waals surface area contributed by atoms with Crippen molar-refractivity contribution in [1.82, 2.24) is 0 Å². The van der Waals surface area contributed by atoms with Gasteiger partial charge in [-0.25, -0.2) is 0 Å². The first-order valence-electron chi connectivity index (χ1n) is 17.4. The second-order valence-electron chi connectivity index (χ2n) is 15.9. The molecule has 0 saturated heterocycles. The molecule has 0 aliphatic heterocycles. The van der Waals surface area contributed by atoms with Gasteiger partial charge in [-0.05, 0) is 92.4 Å². The lowest BCUT2D eigenvalue weighted by molar-refractivity contribution is 0.116. The van der Waals surface area contributed by atoms with Crippen LogP contribution in [0.3, 0.4) is 0 Å². The Balaban J connectivity index is 1.60. The van der Waals surface area contributed by atoms with Gasteiger partial charge in [-0.2, -0.15) is 0 Å². The molecule has 2 rings (SSSR count). The minimum atomic E-state index is -0.287. The van der Waals surface area contributed by atoms with Crippen molar-refractivity contribution in [2.75, 3.05) is 0 Å². The molecule has 0 amide bonds. The molecule has 2 aliphatic carbocycles. The van der Waals surface area contributed by atoms with Crippen LogP contribution in [0.25, 0.3) is 0 Å². The van der Waals surface area contributed by atoms with Crippen molar-refractivity contribution in [3.63, 3.8) is 0 Å². The van der Waals surface area contributed by atoms with Crippen LogP contribution in [-0.4, -0.2) is 22.4 Å². The van der Waals surface area contributed by atoms with E-state index in [-0.39, 0.29) is 23.0 Å². The second-order valence-corrected chi connectivity index (χ2v) is 15.9. The summed E-state index contributed by atoms with van der Waals surface area (Å²) in [6, 6.07) is 0. The van der Waals surface area contributed by atoms with E-state index < -0.39 is 0 Å². The van der Waals surface area contributed by atoms with Crippen LogP contribution in [0.15, 0.2) is 59.3 Å². The molecule has 0 aromatic rings. The number of rotatable bonds is 16. The van der Waals surface area contributed by atoms with Gasteiger partial charge in [-0.15, -0.1) is 0 Å². The van der Waals surface area contributed by atoms with Gasteiger partial charge < -0.3 is 10.2 Å². The Bertz CT molecular complexity index is 958. The average molecular weight is 581 g/mol. The topological polar surface area (TPSA) is 40.5 Å². The zero-order chi connectivity index (χ0) is 31.5. The normalized spacial score (nSPS) is 27.5. The average Bonchev–Trinajstić information content (AvgIpc) is 2.84. The summed E-state index contributed by atoms with van der Waals surface area (Å²) in [6.45, 7) is 22.9. The lowest BCUT2D eigenvalue weighted by Crippen LogP contribution is -2.32. The van der Waals surface area contributed by atoms with Gasteiger partial charge in [-0.1, -0.05) is 141 Å². The summed E-state index contributed by atoms with van der Waals surface area (Å²) in [5.74, 6) is 3.07. The van der Waals surface area contributed by atoms with E-state index in [4.69, 9.17) is 0 Å². The molecule has 240 valence electrons. The van der Waals surface area contributed by atoms with Crippen molar-refractivity contribution in [2.45, 2.75) is 152 Å². The molecule has 2 heteroatoms. The van der Waals surface area contributed by atoms with Crippen molar-refractivity contribution in [2.24, 2.45) is 40.4 Å². The maximum absolute atomic E-state index is 10.1. The minimum Gasteiger partial charge on any atom is -0.393 e. The molecule has 7 atom stereocenters. The summed E-state index contributed by atoms with van der Waals surface area (Å²) >= 11 is 0. The van der Waals surface area contributed by atoms with Crippen molar-refractivity contribution in [3.05, 3.63) is 59.3 Å². The van der Waals surface area contributed by atoms with Gasteiger partial charge in [0, 0.05) is 5.92 Å². The number of allylic oxidation sites excluding steroid dienone is 8. The highest BCUT2D eigenvalue weighted by Gasteiger charge is 2.34. The summed E-state index contributed by atoms with van der Waals surface area (Å²) in [5.41, 5.74) is 4.27. The van der Waals surface area contributed by atoms with Crippen LogP contribution >= 0.6 is 0 Å². The molecule has 2 nitrogen and oxygen atoms in total. The van der Waals surface area contributed by atoms with Crippen molar-refractivity contribution in [1.29, 1.82) is 0 Å². The molecular weight excluding hydrogens is 512 g/mol. The summed E-state index contributed by atoms with van der Waals surface area (Å²) < 4.78 is 0. The molecule has 4 unspecified atom stereocenters. The second kappa shape index (κ2) is 17.2. The quantitative estimate of drug-likeness (QED) is 0.141. The van der Waals surface area contributed by atoms with Crippen LogP contribution in [0.1, 0.15) is 140 Å². The van der Waals surface area contributed by atoms with E-state index in [1.807, 2.05) is 0 Å². The zero-order valence-corrected chi connectivity index (χ0v) is 29.3. The highest BCUT2D eigenvalue weighted by molar-refractivity contribution is 5.33. The fraction of sp³-hybridized carbons (Fsp3) is 0.750. The Morgan fingerprint density at radius 2 is 1.43 bits per heavy atom. The first kappa shape index (κ1) is 36.8. The third-order valence-electron chi connectivity index (χ3n) is 10.2. The Labute approximate surface area is 261 Å². The van der Waals surface area contributed by atoms with E-state index in [0.29, 0.717) is 23.7 Å². The van der Waals surface area contributed by atoms with Gasteiger partial charge >= 0.3 is 0 Å².